The summed E-state index contributed by atoms with van der Waals surface area (Å²) in [6.45, 7) is 3.30. The van der Waals surface area contributed by atoms with Gasteiger partial charge in [-0.1, -0.05) is 13.8 Å². The van der Waals surface area contributed by atoms with E-state index in [1.807, 2.05) is 19.2 Å². The van der Waals surface area contributed by atoms with Crippen molar-refractivity contribution in [3.63, 3.8) is 0 Å². The Kier molecular flexibility index (Phi) is 6.73. The van der Waals surface area contributed by atoms with E-state index >= 15 is 0 Å². The van der Waals surface area contributed by atoms with E-state index in [1.165, 1.54) is 28.2 Å². The molecular formula is C15H18N4O4S2. The summed E-state index contributed by atoms with van der Waals surface area (Å²) in [5.41, 5.74) is 4.16. The molecule has 3 N–H and O–H groups in total. The monoisotopic (exact) mass is 382 g/mol. The standard InChI is InChI=1S/C15H18N4O4S2/c1-8(2)9(14(22)16-4-13(21)19-23)3-12(20)10-6-25-15(18-10)11-5-24-7-17-11/h5-9,23H,3-4H2,1-2H3,(H,16,22)(H,19,21)/t9-/m0/s1. The highest BCUT2D eigenvalue weighted by molar-refractivity contribution is 7.14. The quantitative estimate of drug-likeness (QED) is 0.363. The Bertz CT molecular complexity index is 743. The number of thiazole rings is 2. The van der Waals surface area contributed by atoms with E-state index < -0.39 is 17.7 Å². The number of rotatable bonds is 8. The first-order valence-electron chi connectivity index (χ1n) is 7.50. The zero-order valence-electron chi connectivity index (χ0n) is 13.7. The Hall–Kier alpha value is -2.17. The summed E-state index contributed by atoms with van der Waals surface area (Å²) < 4.78 is 0. The van der Waals surface area contributed by atoms with Crippen LogP contribution < -0.4 is 10.8 Å². The molecule has 25 heavy (non-hydrogen) atoms. The molecule has 0 aliphatic heterocycles. The second-order valence-corrected chi connectivity index (χ2v) is 7.22. The van der Waals surface area contributed by atoms with Crippen molar-refractivity contribution in [1.82, 2.24) is 20.8 Å². The lowest BCUT2D eigenvalue weighted by Crippen LogP contribution is -2.40. The molecule has 0 bridgehead atoms. The lowest BCUT2D eigenvalue weighted by molar-refractivity contribution is -0.133. The van der Waals surface area contributed by atoms with Gasteiger partial charge < -0.3 is 5.32 Å². The van der Waals surface area contributed by atoms with Gasteiger partial charge in [0.25, 0.3) is 5.91 Å². The highest BCUT2D eigenvalue weighted by atomic mass is 32.1. The average molecular weight is 382 g/mol. The van der Waals surface area contributed by atoms with Crippen molar-refractivity contribution in [1.29, 1.82) is 0 Å². The summed E-state index contributed by atoms with van der Waals surface area (Å²) in [6, 6.07) is 0. The number of hydroxylamine groups is 1. The van der Waals surface area contributed by atoms with Gasteiger partial charge in [0.15, 0.2) is 5.78 Å². The number of carbonyl (C=O) groups is 3. The third kappa shape index (κ3) is 5.15. The van der Waals surface area contributed by atoms with Crippen LogP contribution in [0.2, 0.25) is 0 Å². The van der Waals surface area contributed by atoms with Gasteiger partial charge in [-0.25, -0.2) is 15.4 Å². The van der Waals surface area contributed by atoms with Crippen LogP contribution in [0.3, 0.4) is 0 Å². The molecule has 0 aliphatic rings. The van der Waals surface area contributed by atoms with E-state index in [0.717, 1.165) is 5.69 Å². The molecule has 0 unspecified atom stereocenters. The minimum absolute atomic E-state index is 0.00944. The number of hydrogen-bond donors (Lipinski definition) is 3. The van der Waals surface area contributed by atoms with Crippen LogP contribution in [0.1, 0.15) is 30.8 Å². The molecule has 0 fully saturated rings. The fourth-order valence-electron chi connectivity index (χ4n) is 2.11. The van der Waals surface area contributed by atoms with Gasteiger partial charge in [-0.15, -0.1) is 22.7 Å². The summed E-state index contributed by atoms with van der Waals surface area (Å²) in [4.78, 5) is 44.1. The molecule has 0 saturated carbocycles. The first kappa shape index (κ1) is 19.2. The number of ketones is 1. The lowest BCUT2D eigenvalue weighted by Gasteiger charge is -2.18. The van der Waals surface area contributed by atoms with Crippen molar-refractivity contribution in [3.05, 3.63) is 22.0 Å². The van der Waals surface area contributed by atoms with E-state index in [2.05, 4.69) is 15.3 Å². The van der Waals surface area contributed by atoms with Crippen molar-refractivity contribution in [2.24, 2.45) is 11.8 Å². The molecule has 0 saturated heterocycles. The molecule has 2 aromatic rings. The molecular weight excluding hydrogens is 364 g/mol. The third-order valence-corrected chi connectivity index (χ3v) is 4.99. The minimum Gasteiger partial charge on any atom is -0.347 e. The molecule has 2 heterocycles. The lowest BCUT2D eigenvalue weighted by atomic mass is 9.89. The van der Waals surface area contributed by atoms with Crippen molar-refractivity contribution < 1.29 is 19.6 Å². The van der Waals surface area contributed by atoms with Crippen molar-refractivity contribution in [2.45, 2.75) is 20.3 Å². The predicted molar refractivity (Wildman–Crippen MR) is 93.4 cm³/mol. The average Bonchev–Trinajstić information content (AvgIpc) is 3.27. The van der Waals surface area contributed by atoms with Gasteiger partial charge in [-0.05, 0) is 5.92 Å². The zero-order chi connectivity index (χ0) is 18.4. The smallest absolute Gasteiger partial charge is 0.262 e. The molecule has 1 atom stereocenters. The van der Waals surface area contributed by atoms with E-state index in [-0.39, 0.29) is 24.7 Å². The van der Waals surface area contributed by atoms with Crippen molar-refractivity contribution >= 4 is 40.3 Å². The van der Waals surface area contributed by atoms with Crippen LogP contribution in [0.25, 0.3) is 10.7 Å². The maximum Gasteiger partial charge on any atom is 0.262 e. The molecule has 0 spiro atoms. The zero-order valence-corrected chi connectivity index (χ0v) is 15.3. The second-order valence-electron chi connectivity index (χ2n) is 5.64. The van der Waals surface area contributed by atoms with Gasteiger partial charge in [0.2, 0.25) is 5.91 Å². The Morgan fingerprint density at radius 1 is 1.28 bits per heavy atom. The van der Waals surface area contributed by atoms with Crippen LogP contribution in [-0.4, -0.2) is 39.3 Å². The fraction of sp³-hybridized carbons (Fsp3) is 0.400. The Morgan fingerprint density at radius 2 is 2.04 bits per heavy atom. The molecule has 0 radical (unpaired) electrons. The number of nitrogens with zero attached hydrogens (tertiary/aromatic N) is 2. The van der Waals surface area contributed by atoms with Gasteiger partial charge in [0.05, 0.1) is 12.1 Å². The molecule has 10 heteroatoms. The van der Waals surface area contributed by atoms with E-state index in [0.29, 0.717) is 10.7 Å². The number of hydrogen-bond acceptors (Lipinski definition) is 8. The first-order chi connectivity index (χ1) is 11.9. The number of Topliss-reactive ketones (excluding diaryl/α,β-unsaturated/α-hetero) is 1. The number of amides is 2. The number of nitrogens with one attached hydrogen (secondary N) is 2. The number of aromatic nitrogens is 2. The van der Waals surface area contributed by atoms with Crippen molar-refractivity contribution in [2.75, 3.05) is 6.54 Å². The number of carbonyl (C=O) groups excluding carboxylic acids is 3. The Labute approximate surface area is 152 Å². The molecule has 0 aliphatic carbocycles. The van der Waals surface area contributed by atoms with Gasteiger partial charge in [-0.2, -0.15) is 0 Å². The Morgan fingerprint density at radius 3 is 2.64 bits per heavy atom. The SMILES string of the molecule is CC(C)[C@H](CC(=O)c1csc(-c2cscn2)n1)C(=O)NCC(=O)NO. The highest BCUT2D eigenvalue weighted by Gasteiger charge is 2.27. The van der Waals surface area contributed by atoms with Gasteiger partial charge in [0.1, 0.15) is 16.4 Å². The first-order valence-corrected chi connectivity index (χ1v) is 9.32. The maximum absolute atomic E-state index is 12.5. The van der Waals surface area contributed by atoms with Gasteiger partial charge >= 0.3 is 0 Å². The van der Waals surface area contributed by atoms with E-state index in [1.54, 1.807) is 10.9 Å². The second kappa shape index (κ2) is 8.79. The van der Waals surface area contributed by atoms with E-state index in [4.69, 9.17) is 5.21 Å². The van der Waals surface area contributed by atoms with Crippen LogP contribution >= 0.6 is 22.7 Å². The van der Waals surface area contributed by atoms with Gasteiger partial charge in [0, 0.05) is 23.1 Å². The molecule has 0 aromatic carbocycles. The topological polar surface area (TPSA) is 121 Å². The van der Waals surface area contributed by atoms with E-state index in [9.17, 15) is 14.4 Å². The van der Waals surface area contributed by atoms with Crippen LogP contribution in [0.15, 0.2) is 16.3 Å². The summed E-state index contributed by atoms with van der Waals surface area (Å²) in [5.74, 6) is -2.07. The normalized spacial score (nSPS) is 12.0. The predicted octanol–water partition coefficient (Wildman–Crippen LogP) is 1.73. The maximum atomic E-state index is 12.5. The molecule has 2 amide bonds. The summed E-state index contributed by atoms with van der Waals surface area (Å²) in [6.07, 6.45) is -0.00944. The summed E-state index contributed by atoms with van der Waals surface area (Å²) in [5, 5.41) is 15.0. The summed E-state index contributed by atoms with van der Waals surface area (Å²) >= 11 is 2.78. The molecule has 134 valence electrons. The van der Waals surface area contributed by atoms with Crippen LogP contribution in [0, 0.1) is 11.8 Å². The molecule has 2 aromatic heterocycles. The highest BCUT2D eigenvalue weighted by Crippen LogP contribution is 2.25. The van der Waals surface area contributed by atoms with Crippen LogP contribution in [0.4, 0.5) is 0 Å². The largest absolute Gasteiger partial charge is 0.347 e. The minimum atomic E-state index is -0.727. The molecule has 2 rings (SSSR count). The fourth-order valence-corrected chi connectivity index (χ4v) is 3.51. The van der Waals surface area contributed by atoms with Crippen molar-refractivity contribution in [3.8, 4) is 10.7 Å². The van der Waals surface area contributed by atoms with Gasteiger partial charge in [-0.3, -0.25) is 19.6 Å². The van der Waals surface area contributed by atoms with Crippen LogP contribution in [0.5, 0.6) is 0 Å². The third-order valence-electron chi connectivity index (χ3n) is 3.54. The molecule has 8 nitrogen and oxygen atoms in total. The Balaban J connectivity index is 2.02. The summed E-state index contributed by atoms with van der Waals surface area (Å²) in [7, 11) is 0. The van der Waals surface area contributed by atoms with Crippen LogP contribution in [-0.2, 0) is 9.59 Å².